The fourth-order valence-corrected chi connectivity index (χ4v) is 2.85. The zero-order chi connectivity index (χ0) is 19.1. The minimum Gasteiger partial charge on any atom is -0.507 e. The second-order valence-electron chi connectivity index (χ2n) is 5.74. The molecule has 3 rings (SSSR count). The Kier molecular flexibility index (Phi) is 4.15. The van der Waals surface area contributed by atoms with Crippen LogP contribution in [0.1, 0.15) is 5.56 Å². The molecule has 0 radical (unpaired) electrons. The lowest BCUT2D eigenvalue weighted by molar-refractivity contribution is -0.137. The fourth-order valence-electron chi connectivity index (χ4n) is 2.85. The van der Waals surface area contributed by atoms with Crippen molar-refractivity contribution in [1.82, 2.24) is 0 Å². The van der Waals surface area contributed by atoms with E-state index in [0.29, 0.717) is 5.69 Å². The number of phenolic OH excluding ortho intramolecular Hbond substituents is 2. The molecular weight excluding hydrogens is 345 g/mol. The third-order valence-electron chi connectivity index (χ3n) is 4.04. The maximum atomic E-state index is 13.3. The van der Waals surface area contributed by atoms with Crippen molar-refractivity contribution < 1.29 is 23.4 Å². The largest absolute Gasteiger partial charge is 0.507 e. The number of hydrogen-bond donors (Lipinski definition) is 4. The van der Waals surface area contributed by atoms with Gasteiger partial charge in [-0.15, -0.1) is 0 Å². The van der Waals surface area contributed by atoms with Gasteiger partial charge in [-0.25, -0.2) is 0 Å². The molecule has 0 saturated heterocycles. The van der Waals surface area contributed by atoms with Crippen molar-refractivity contribution in [3.05, 3.63) is 60.2 Å². The molecule has 0 unspecified atom stereocenters. The summed E-state index contributed by atoms with van der Waals surface area (Å²) >= 11 is 0. The normalized spacial score (nSPS) is 11.5. The van der Waals surface area contributed by atoms with Gasteiger partial charge in [0.25, 0.3) is 0 Å². The van der Waals surface area contributed by atoms with Crippen LogP contribution >= 0.6 is 0 Å². The van der Waals surface area contributed by atoms with Crippen molar-refractivity contribution in [3.8, 4) is 33.8 Å². The Balaban J connectivity index is 2.30. The zero-order valence-electron chi connectivity index (χ0n) is 13.4. The van der Waals surface area contributed by atoms with Gasteiger partial charge in [-0.05, 0) is 42.0 Å². The van der Waals surface area contributed by atoms with Crippen LogP contribution in [-0.2, 0) is 6.18 Å². The van der Waals surface area contributed by atoms with E-state index < -0.39 is 11.7 Å². The summed E-state index contributed by atoms with van der Waals surface area (Å²) in [5.41, 5.74) is 11.3. The molecule has 4 nitrogen and oxygen atoms in total. The summed E-state index contributed by atoms with van der Waals surface area (Å²) in [4.78, 5) is 0. The number of rotatable bonds is 2. The van der Waals surface area contributed by atoms with E-state index in [0.717, 1.165) is 6.07 Å². The van der Waals surface area contributed by atoms with Gasteiger partial charge in [-0.1, -0.05) is 18.2 Å². The average molecular weight is 360 g/mol. The van der Waals surface area contributed by atoms with E-state index >= 15 is 0 Å². The van der Waals surface area contributed by atoms with Crippen LogP contribution in [-0.4, -0.2) is 10.2 Å². The number of anilines is 2. The highest BCUT2D eigenvalue weighted by Gasteiger charge is 2.34. The van der Waals surface area contributed by atoms with Gasteiger partial charge in [0.2, 0.25) is 0 Å². The SMILES string of the molecule is Nc1ccc(O)c(-c2c(O)ccc(-c3ccccc3C(F)(F)F)c2N)c1. The van der Waals surface area contributed by atoms with Crippen LogP contribution in [0.4, 0.5) is 24.5 Å². The van der Waals surface area contributed by atoms with E-state index in [9.17, 15) is 23.4 Å². The molecule has 0 heterocycles. The lowest BCUT2D eigenvalue weighted by Gasteiger charge is -2.18. The minimum absolute atomic E-state index is 0.0178. The van der Waals surface area contributed by atoms with Gasteiger partial charge in [0.15, 0.2) is 0 Å². The van der Waals surface area contributed by atoms with Crippen LogP contribution in [0.25, 0.3) is 22.3 Å². The molecular formula is C19H15F3N2O2. The van der Waals surface area contributed by atoms with Crippen molar-refractivity contribution in [3.63, 3.8) is 0 Å². The van der Waals surface area contributed by atoms with Crippen LogP contribution in [0.5, 0.6) is 11.5 Å². The van der Waals surface area contributed by atoms with E-state index in [1.54, 1.807) is 0 Å². The topological polar surface area (TPSA) is 92.5 Å². The number of hydrogen-bond acceptors (Lipinski definition) is 4. The van der Waals surface area contributed by atoms with Gasteiger partial charge in [0.05, 0.1) is 16.8 Å². The number of benzene rings is 3. The second kappa shape index (κ2) is 6.18. The van der Waals surface area contributed by atoms with Gasteiger partial charge in [0.1, 0.15) is 11.5 Å². The van der Waals surface area contributed by atoms with Crippen LogP contribution in [0.15, 0.2) is 54.6 Å². The van der Waals surface area contributed by atoms with Crippen molar-refractivity contribution in [1.29, 1.82) is 0 Å². The fraction of sp³-hybridized carbons (Fsp3) is 0.0526. The standard InChI is InChI=1S/C19H15F3N2O2/c20-19(21,22)14-4-2-1-3-11(14)12-6-8-16(26)17(18(12)24)13-9-10(23)5-7-15(13)25/h1-9,25-26H,23-24H2. The zero-order valence-corrected chi connectivity index (χ0v) is 13.4. The summed E-state index contributed by atoms with van der Waals surface area (Å²) in [5.74, 6) is -0.487. The Labute approximate surface area is 147 Å². The molecule has 0 fully saturated rings. The molecule has 0 aliphatic heterocycles. The van der Waals surface area contributed by atoms with Gasteiger partial charge in [-0.2, -0.15) is 13.2 Å². The molecule has 3 aromatic carbocycles. The summed E-state index contributed by atoms with van der Waals surface area (Å²) < 4.78 is 40.0. The first-order chi connectivity index (χ1) is 12.2. The number of phenols is 2. The van der Waals surface area contributed by atoms with Gasteiger partial charge >= 0.3 is 6.18 Å². The van der Waals surface area contributed by atoms with Crippen molar-refractivity contribution in [2.24, 2.45) is 0 Å². The van der Waals surface area contributed by atoms with Gasteiger partial charge in [-0.3, -0.25) is 0 Å². The number of aromatic hydroxyl groups is 2. The third-order valence-corrected chi connectivity index (χ3v) is 4.04. The Bertz CT molecular complexity index is 985. The predicted molar refractivity (Wildman–Crippen MR) is 94.5 cm³/mol. The Morgan fingerprint density at radius 2 is 1.38 bits per heavy atom. The average Bonchev–Trinajstić information content (AvgIpc) is 2.57. The number of nitrogens with two attached hydrogens (primary N) is 2. The Hall–Kier alpha value is -3.35. The van der Waals surface area contributed by atoms with Crippen molar-refractivity contribution >= 4 is 11.4 Å². The van der Waals surface area contributed by atoms with Crippen molar-refractivity contribution in [2.75, 3.05) is 11.5 Å². The van der Waals surface area contributed by atoms with E-state index in [1.165, 1.54) is 48.5 Å². The Morgan fingerprint density at radius 3 is 2.08 bits per heavy atom. The molecule has 0 aliphatic rings. The summed E-state index contributed by atoms with van der Waals surface area (Å²) in [6, 6.07) is 11.7. The van der Waals surface area contributed by atoms with Gasteiger partial charge in [0, 0.05) is 16.8 Å². The van der Waals surface area contributed by atoms with E-state index in [4.69, 9.17) is 11.5 Å². The molecule has 0 spiro atoms. The van der Waals surface area contributed by atoms with E-state index in [1.807, 2.05) is 0 Å². The summed E-state index contributed by atoms with van der Waals surface area (Å²) in [6.07, 6.45) is -4.57. The lowest BCUT2D eigenvalue weighted by atomic mass is 9.92. The lowest BCUT2D eigenvalue weighted by Crippen LogP contribution is -2.07. The molecule has 0 aliphatic carbocycles. The molecule has 3 aromatic rings. The molecule has 0 bridgehead atoms. The van der Waals surface area contributed by atoms with Gasteiger partial charge < -0.3 is 21.7 Å². The van der Waals surface area contributed by atoms with Crippen LogP contribution in [0, 0.1) is 0 Å². The smallest absolute Gasteiger partial charge is 0.417 e. The minimum atomic E-state index is -4.57. The van der Waals surface area contributed by atoms with Crippen molar-refractivity contribution in [2.45, 2.75) is 6.18 Å². The molecule has 134 valence electrons. The maximum absolute atomic E-state index is 13.3. The highest BCUT2D eigenvalue weighted by molar-refractivity contribution is 5.95. The molecule has 0 amide bonds. The molecule has 0 saturated carbocycles. The number of nitrogen functional groups attached to an aromatic ring is 2. The summed E-state index contributed by atoms with van der Waals surface area (Å²) in [5, 5.41) is 20.3. The van der Waals surface area contributed by atoms with Crippen LogP contribution in [0.3, 0.4) is 0 Å². The highest BCUT2D eigenvalue weighted by Crippen LogP contribution is 2.46. The summed E-state index contributed by atoms with van der Waals surface area (Å²) in [7, 11) is 0. The molecule has 0 atom stereocenters. The van der Waals surface area contributed by atoms with E-state index in [-0.39, 0.29) is 39.4 Å². The predicted octanol–water partition coefficient (Wildman–Crippen LogP) is 4.62. The Morgan fingerprint density at radius 1 is 0.731 bits per heavy atom. The first-order valence-electron chi connectivity index (χ1n) is 7.57. The maximum Gasteiger partial charge on any atom is 0.417 e. The van der Waals surface area contributed by atoms with E-state index in [2.05, 4.69) is 0 Å². The molecule has 26 heavy (non-hydrogen) atoms. The number of alkyl halides is 3. The summed E-state index contributed by atoms with van der Waals surface area (Å²) in [6.45, 7) is 0. The quantitative estimate of drug-likeness (QED) is 0.396. The van der Waals surface area contributed by atoms with Crippen LogP contribution < -0.4 is 11.5 Å². The molecule has 7 heteroatoms. The van der Waals surface area contributed by atoms with Crippen LogP contribution in [0.2, 0.25) is 0 Å². The highest BCUT2D eigenvalue weighted by atomic mass is 19.4. The first kappa shape index (κ1) is 17.5. The third kappa shape index (κ3) is 2.99. The molecule has 0 aromatic heterocycles. The monoisotopic (exact) mass is 360 g/mol. The second-order valence-corrected chi connectivity index (χ2v) is 5.74. The molecule has 6 N–H and O–H groups in total. The number of halogens is 3. The first-order valence-corrected chi connectivity index (χ1v) is 7.57.